The summed E-state index contributed by atoms with van der Waals surface area (Å²) in [6.45, 7) is 7.38. The lowest BCUT2D eigenvalue weighted by molar-refractivity contribution is -0.134. The smallest absolute Gasteiger partial charge is 0.287 e. The largest absolute Gasteiger partial charge is 0.459 e. The van der Waals surface area contributed by atoms with Crippen molar-refractivity contribution >= 4 is 11.8 Å². The van der Waals surface area contributed by atoms with Crippen molar-refractivity contribution in [1.82, 2.24) is 14.8 Å². The van der Waals surface area contributed by atoms with Crippen molar-refractivity contribution in [2.75, 3.05) is 13.1 Å². The summed E-state index contributed by atoms with van der Waals surface area (Å²) in [6.07, 6.45) is 3.30. The van der Waals surface area contributed by atoms with Gasteiger partial charge in [-0.3, -0.25) is 9.59 Å². The van der Waals surface area contributed by atoms with E-state index in [0.29, 0.717) is 19.1 Å². The Labute approximate surface area is 147 Å². The fourth-order valence-corrected chi connectivity index (χ4v) is 3.61. The Morgan fingerprint density at radius 3 is 2.36 bits per heavy atom. The van der Waals surface area contributed by atoms with Gasteiger partial charge >= 0.3 is 0 Å². The molecule has 0 saturated carbocycles. The van der Waals surface area contributed by atoms with Crippen LogP contribution in [-0.4, -0.2) is 40.4 Å². The minimum Gasteiger partial charge on any atom is -0.459 e. The molecule has 3 heterocycles. The highest BCUT2D eigenvalue weighted by molar-refractivity contribution is 5.95. The minimum atomic E-state index is -0.566. The number of furan rings is 1. The molecule has 0 bridgehead atoms. The lowest BCUT2D eigenvalue weighted by atomic mass is 10.0. The average molecular weight is 343 g/mol. The third-order valence-electron chi connectivity index (χ3n) is 4.93. The first kappa shape index (κ1) is 17.3. The molecule has 0 aromatic carbocycles. The van der Waals surface area contributed by atoms with E-state index in [1.807, 2.05) is 4.90 Å². The molecule has 1 unspecified atom stereocenters. The number of carbonyl (C=O) groups excluding carboxylic acids is 2. The number of carbonyl (C=O) groups is 2. The molecule has 0 aliphatic carbocycles. The van der Waals surface area contributed by atoms with Crippen molar-refractivity contribution in [3.63, 3.8) is 0 Å². The number of rotatable bonds is 4. The highest BCUT2D eigenvalue weighted by Gasteiger charge is 2.28. The summed E-state index contributed by atoms with van der Waals surface area (Å²) in [5, 5.41) is 2.71. The quantitative estimate of drug-likeness (QED) is 0.928. The second-order valence-electron chi connectivity index (χ2n) is 6.72. The van der Waals surface area contributed by atoms with E-state index < -0.39 is 6.04 Å². The van der Waals surface area contributed by atoms with Gasteiger partial charge in [0.15, 0.2) is 5.76 Å². The van der Waals surface area contributed by atoms with Crippen LogP contribution in [0.25, 0.3) is 0 Å². The molecule has 2 aromatic rings. The summed E-state index contributed by atoms with van der Waals surface area (Å²) in [7, 11) is 0. The van der Waals surface area contributed by atoms with Crippen LogP contribution in [0.5, 0.6) is 0 Å². The maximum absolute atomic E-state index is 12.6. The number of amides is 2. The molecule has 1 aliphatic heterocycles. The standard InChI is InChI=1S/C19H25N3O3/c1-13-6-7-14(2)22(13)16-8-10-21(11-9-16)19(24)15(3)20-18(23)17-5-4-12-25-17/h4-7,12,15-16H,8-11H2,1-3H3,(H,20,23). The number of aryl methyl sites for hydroxylation is 2. The zero-order valence-electron chi connectivity index (χ0n) is 15.0. The summed E-state index contributed by atoms with van der Waals surface area (Å²) in [5.74, 6) is -0.185. The molecular weight excluding hydrogens is 318 g/mol. The first-order chi connectivity index (χ1) is 12.0. The predicted molar refractivity (Wildman–Crippen MR) is 94.4 cm³/mol. The van der Waals surface area contributed by atoms with E-state index in [0.717, 1.165) is 12.8 Å². The molecule has 134 valence electrons. The summed E-state index contributed by atoms with van der Waals surface area (Å²) >= 11 is 0. The van der Waals surface area contributed by atoms with Crippen molar-refractivity contribution in [3.8, 4) is 0 Å². The average Bonchev–Trinajstić information content (AvgIpc) is 3.25. The van der Waals surface area contributed by atoms with E-state index >= 15 is 0 Å². The molecule has 2 amide bonds. The Balaban J connectivity index is 1.55. The summed E-state index contributed by atoms with van der Waals surface area (Å²) in [5.41, 5.74) is 2.53. The van der Waals surface area contributed by atoms with Crippen LogP contribution in [-0.2, 0) is 4.79 Å². The van der Waals surface area contributed by atoms with Crippen molar-refractivity contribution in [3.05, 3.63) is 47.7 Å². The third kappa shape index (κ3) is 3.62. The van der Waals surface area contributed by atoms with Crippen molar-refractivity contribution < 1.29 is 14.0 Å². The lowest BCUT2D eigenvalue weighted by Gasteiger charge is -2.35. The van der Waals surface area contributed by atoms with Crippen LogP contribution >= 0.6 is 0 Å². The molecule has 1 atom stereocenters. The van der Waals surface area contributed by atoms with Crippen LogP contribution in [0.1, 0.15) is 47.7 Å². The van der Waals surface area contributed by atoms with Gasteiger partial charge in [-0.2, -0.15) is 0 Å². The number of piperidine rings is 1. The predicted octanol–water partition coefficient (Wildman–Crippen LogP) is 2.68. The van der Waals surface area contributed by atoms with Crippen LogP contribution in [0.15, 0.2) is 34.9 Å². The molecule has 1 saturated heterocycles. The molecule has 3 rings (SSSR count). The van der Waals surface area contributed by atoms with Crippen LogP contribution in [0.3, 0.4) is 0 Å². The monoisotopic (exact) mass is 343 g/mol. The molecule has 1 aliphatic rings. The lowest BCUT2D eigenvalue weighted by Crippen LogP contribution is -2.49. The van der Waals surface area contributed by atoms with Gasteiger partial charge < -0.3 is 19.2 Å². The fraction of sp³-hybridized carbons (Fsp3) is 0.474. The number of likely N-dealkylation sites (tertiary alicyclic amines) is 1. The summed E-state index contributed by atoms with van der Waals surface area (Å²) in [4.78, 5) is 26.5. The summed E-state index contributed by atoms with van der Waals surface area (Å²) < 4.78 is 7.42. The van der Waals surface area contributed by atoms with Crippen molar-refractivity contribution in [2.24, 2.45) is 0 Å². The van der Waals surface area contributed by atoms with Gasteiger partial charge in [-0.15, -0.1) is 0 Å². The topological polar surface area (TPSA) is 67.5 Å². The Morgan fingerprint density at radius 2 is 1.80 bits per heavy atom. The second-order valence-corrected chi connectivity index (χ2v) is 6.72. The van der Waals surface area contributed by atoms with Gasteiger partial charge in [-0.1, -0.05) is 0 Å². The molecule has 0 radical (unpaired) electrons. The van der Waals surface area contributed by atoms with Crippen molar-refractivity contribution in [1.29, 1.82) is 0 Å². The minimum absolute atomic E-state index is 0.0423. The van der Waals surface area contributed by atoms with Crippen molar-refractivity contribution in [2.45, 2.75) is 45.7 Å². The molecule has 1 N–H and O–H groups in total. The van der Waals surface area contributed by atoms with Gasteiger partial charge in [0.2, 0.25) is 5.91 Å². The molecule has 6 heteroatoms. The third-order valence-corrected chi connectivity index (χ3v) is 4.93. The molecule has 25 heavy (non-hydrogen) atoms. The van der Waals surface area contributed by atoms with Gasteiger partial charge in [0.1, 0.15) is 6.04 Å². The maximum Gasteiger partial charge on any atom is 0.287 e. The van der Waals surface area contributed by atoms with Crippen LogP contribution in [0.4, 0.5) is 0 Å². The Bertz CT molecular complexity index is 721. The normalized spacial score (nSPS) is 16.7. The van der Waals surface area contributed by atoms with Crippen LogP contribution < -0.4 is 5.32 Å². The molecule has 2 aromatic heterocycles. The van der Waals surface area contributed by atoms with Gasteiger partial charge in [-0.05, 0) is 57.9 Å². The SMILES string of the molecule is Cc1ccc(C)n1C1CCN(C(=O)C(C)NC(=O)c2ccco2)CC1. The Morgan fingerprint density at radius 1 is 1.16 bits per heavy atom. The number of nitrogens with zero attached hydrogens (tertiary/aromatic N) is 2. The second kappa shape index (κ2) is 7.17. The Kier molecular flexibility index (Phi) is 4.97. The highest BCUT2D eigenvalue weighted by atomic mass is 16.3. The van der Waals surface area contributed by atoms with E-state index in [-0.39, 0.29) is 17.6 Å². The number of aromatic nitrogens is 1. The van der Waals surface area contributed by atoms with Crippen LogP contribution in [0.2, 0.25) is 0 Å². The van der Waals surface area contributed by atoms with Gasteiger partial charge in [0, 0.05) is 30.5 Å². The fourth-order valence-electron chi connectivity index (χ4n) is 3.61. The first-order valence-electron chi connectivity index (χ1n) is 8.75. The Hall–Kier alpha value is -2.50. The molecule has 0 spiro atoms. The van der Waals surface area contributed by atoms with E-state index in [1.54, 1.807) is 19.1 Å². The molecule has 1 fully saturated rings. The molecule has 6 nitrogen and oxygen atoms in total. The van der Waals surface area contributed by atoms with E-state index in [4.69, 9.17) is 4.42 Å². The number of hydrogen-bond acceptors (Lipinski definition) is 3. The molecular formula is C19H25N3O3. The summed E-state index contributed by atoms with van der Waals surface area (Å²) in [6, 6.07) is 7.38. The highest BCUT2D eigenvalue weighted by Crippen LogP contribution is 2.26. The zero-order chi connectivity index (χ0) is 18.0. The van der Waals surface area contributed by atoms with Gasteiger partial charge in [0.05, 0.1) is 6.26 Å². The first-order valence-corrected chi connectivity index (χ1v) is 8.75. The van der Waals surface area contributed by atoms with Gasteiger partial charge in [-0.25, -0.2) is 0 Å². The maximum atomic E-state index is 12.6. The van der Waals surface area contributed by atoms with E-state index in [9.17, 15) is 9.59 Å². The zero-order valence-corrected chi connectivity index (χ0v) is 15.0. The van der Waals surface area contributed by atoms with E-state index in [2.05, 4.69) is 35.9 Å². The van der Waals surface area contributed by atoms with Gasteiger partial charge in [0.25, 0.3) is 5.91 Å². The van der Waals surface area contributed by atoms with Crippen LogP contribution in [0, 0.1) is 13.8 Å². The number of hydrogen-bond donors (Lipinski definition) is 1. The van der Waals surface area contributed by atoms with E-state index in [1.165, 1.54) is 17.7 Å². The number of nitrogens with one attached hydrogen (secondary N) is 1.